The number of hydrogen-bond acceptors (Lipinski definition) is 22. The average molecular weight is 941 g/mol. The molecule has 3 fully saturated rings. The van der Waals surface area contributed by atoms with Gasteiger partial charge in [0.05, 0.1) is 25.6 Å². The van der Waals surface area contributed by atoms with Crippen molar-refractivity contribution in [3.63, 3.8) is 0 Å². The normalized spacial score (nSPS) is 28.6. The molecule has 1 aromatic rings. The van der Waals surface area contributed by atoms with Crippen LogP contribution in [0.5, 0.6) is 0 Å². The van der Waals surface area contributed by atoms with E-state index in [0.29, 0.717) is 4.90 Å². The number of methoxy groups -OCH3 is 1. The fraction of sp³-hybridized carbons (Fsp3) is 0.610. The lowest BCUT2D eigenvalue weighted by Crippen LogP contribution is -2.72. The Morgan fingerprint density at radius 1 is 0.692 bits per heavy atom. The first-order valence-electron chi connectivity index (χ1n) is 20.1. The number of carbonyl (C=O) groups excluding carboxylic acids is 10. The van der Waals surface area contributed by atoms with Crippen LogP contribution in [0.1, 0.15) is 68.2 Å². The summed E-state index contributed by atoms with van der Waals surface area (Å²) < 4.78 is 63.6. The smallest absolute Gasteiger partial charge is 0.367 e. The fourth-order valence-corrected chi connectivity index (χ4v) is 8.89. The molecule has 0 bridgehead atoms. The molecule has 12 atom stereocenters. The minimum absolute atomic E-state index is 0.425. The van der Waals surface area contributed by atoms with Crippen molar-refractivity contribution in [2.75, 3.05) is 20.3 Å². The summed E-state index contributed by atoms with van der Waals surface area (Å²) in [7, 11) is 1.08. The quantitative estimate of drug-likeness (QED) is 0.164. The summed E-state index contributed by atoms with van der Waals surface area (Å²) in [5.74, 6) is -12.1. The number of benzene rings is 1. The van der Waals surface area contributed by atoms with Gasteiger partial charge in [-0.1, -0.05) is 30.0 Å². The van der Waals surface area contributed by atoms with Crippen molar-refractivity contribution in [3.8, 4) is 0 Å². The number of nitrogens with one attached hydrogen (secondary N) is 2. The first-order chi connectivity index (χ1) is 30.5. The second kappa shape index (κ2) is 22.4. The third-order valence-electron chi connectivity index (χ3n) is 9.78. The van der Waals surface area contributed by atoms with Crippen molar-refractivity contribution in [3.05, 3.63) is 30.3 Å². The number of cyclic esters (lactones) is 1. The first kappa shape index (κ1) is 51.8. The summed E-state index contributed by atoms with van der Waals surface area (Å²) in [4.78, 5) is 128. The lowest BCUT2D eigenvalue weighted by Gasteiger charge is -2.52. The van der Waals surface area contributed by atoms with E-state index in [-0.39, 0.29) is 0 Å². The van der Waals surface area contributed by atoms with Gasteiger partial charge in [-0.3, -0.25) is 38.4 Å². The highest BCUT2D eigenvalue weighted by Crippen LogP contribution is 2.47. The summed E-state index contributed by atoms with van der Waals surface area (Å²) in [5, 5.41) is 5.19. The Balaban J connectivity index is 1.95. The standard InChI is InChI=1S/C41H52N2O21S/c1-19(44)42-32-28(57-22(4)47)15-40(63-36(32)34(60-25(7)50)30(59-24(6)49)17-55-21(3)46)38(52)56-18-31(62-40)35(61-26(8)51)37-33(43-20(2)45)29(58-23(5)48)16-41(64-37,39(53)54-9)65-27-13-11-10-12-14-27/h10-14,28-37H,15-18H2,1-9H3,(H,42,44)(H,43,45)/t28-,29-,30+,31+,32+,33+,34+,35+,36+,37+,40+,41-/m0/s1. The Bertz CT molecular complexity index is 1980. The van der Waals surface area contributed by atoms with E-state index in [1.54, 1.807) is 30.3 Å². The molecule has 0 unspecified atom stereocenters. The Labute approximate surface area is 376 Å². The molecule has 0 aliphatic carbocycles. The van der Waals surface area contributed by atoms with Crippen LogP contribution in [0.2, 0.25) is 0 Å². The second-order valence-corrected chi connectivity index (χ2v) is 16.4. The second-order valence-electron chi connectivity index (χ2n) is 15.1. The lowest BCUT2D eigenvalue weighted by molar-refractivity contribution is -0.354. The summed E-state index contributed by atoms with van der Waals surface area (Å²) in [6.45, 7) is 6.81. The Hall–Kier alpha value is -5.85. The largest absolute Gasteiger partial charge is 0.466 e. The van der Waals surface area contributed by atoms with Gasteiger partial charge < -0.3 is 62.7 Å². The van der Waals surface area contributed by atoms with Crippen LogP contribution in [0, 0.1) is 0 Å². The van der Waals surface area contributed by atoms with Gasteiger partial charge in [0.2, 0.25) is 16.7 Å². The Morgan fingerprint density at radius 3 is 1.75 bits per heavy atom. The van der Waals surface area contributed by atoms with Crippen LogP contribution in [0.25, 0.3) is 0 Å². The maximum absolute atomic E-state index is 14.2. The number of rotatable bonds is 16. The number of carbonyl (C=O) groups is 10. The molecule has 65 heavy (non-hydrogen) atoms. The Kier molecular flexibility index (Phi) is 17.8. The predicted octanol–water partition coefficient (Wildman–Crippen LogP) is 0.0951. The van der Waals surface area contributed by atoms with E-state index < -0.39 is 157 Å². The molecule has 1 spiro atoms. The minimum atomic E-state index is -2.76. The van der Waals surface area contributed by atoms with Crippen LogP contribution in [-0.2, 0) is 100 Å². The monoisotopic (exact) mass is 940 g/mol. The summed E-state index contributed by atoms with van der Waals surface area (Å²) in [5.41, 5.74) is 0. The molecule has 358 valence electrons. The highest BCUT2D eigenvalue weighted by atomic mass is 32.2. The van der Waals surface area contributed by atoms with E-state index in [0.717, 1.165) is 74.3 Å². The van der Waals surface area contributed by atoms with E-state index >= 15 is 0 Å². The van der Waals surface area contributed by atoms with E-state index in [2.05, 4.69) is 10.6 Å². The van der Waals surface area contributed by atoms with Crippen LogP contribution in [0.4, 0.5) is 0 Å². The third kappa shape index (κ3) is 13.6. The van der Waals surface area contributed by atoms with Crippen molar-refractivity contribution in [1.82, 2.24) is 10.6 Å². The molecule has 0 aromatic heterocycles. The molecule has 3 aliphatic rings. The van der Waals surface area contributed by atoms with Crippen molar-refractivity contribution in [2.24, 2.45) is 0 Å². The van der Waals surface area contributed by atoms with Crippen LogP contribution in [0.15, 0.2) is 35.2 Å². The first-order valence-corrected chi connectivity index (χ1v) is 20.9. The predicted molar refractivity (Wildman–Crippen MR) is 214 cm³/mol. The highest BCUT2D eigenvalue weighted by Gasteiger charge is 2.64. The maximum Gasteiger partial charge on any atom is 0.367 e. The van der Waals surface area contributed by atoms with Gasteiger partial charge in [-0.2, -0.15) is 0 Å². The molecule has 24 heteroatoms. The molecule has 23 nitrogen and oxygen atoms in total. The van der Waals surface area contributed by atoms with Crippen molar-refractivity contribution < 1.29 is 100 Å². The molecule has 0 saturated carbocycles. The zero-order valence-corrected chi connectivity index (χ0v) is 37.8. The van der Waals surface area contributed by atoms with Crippen LogP contribution in [0.3, 0.4) is 0 Å². The molecule has 0 radical (unpaired) electrons. The topological polar surface area (TPSA) is 296 Å². The number of thioether (sulfide) groups is 1. The third-order valence-corrected chi connectivity index (χ3v) is 11.0. The molecule has 4 rings (SSSR count). The summed E-state index contributed by atoms with van der Waals surface area (Å²) in [6, 6.07) is 5.41. The van der Waals surface area contributed by atoms with Gasteiger partial charge >= 0.3 is 47.8 Å². The van der Waals surface area contributed by atoms with Crippen LogP contribution < -0.4 is 10.6 Å². The minimum Gasteiger partial charge on any atom is -0.466 e. The van der Waals surface area contributed by atoms with E-state index in [1.165, 1.54) is 0 Å². The molecule has 3 heterocycles. The number of hydrogen-bond donors (Lipinski definition) is 2. The fourth-order valence-electron chi connectivity index (χ4n) is 7.65. The number of ether oxygens (including phenoxy) is 11. The summed E-state index contributed by atoms with van der Waals surface area (Å²) in [6.07, 6.45) is -14.9. The summed E-state index contributed by atoms with van der Waals surface area (Å²) >= 11 is 0.853. The highest BCUT2D eigenvalue weighted by molar-refractivity contribution is 8.01. The zero-order chi connectivity index (χ0) is 48.4. The molecular weight excluding hydrogens is 889 g/mol. The van der Waals surface area contributed by atoms with Gasteiger partial charge in [-0.05, 0) is 12.1 Å². The lowest BCUT2D eigenvalue weighted by atomic mass is 9.86. The van der Waals surface area contributed by atoms with Gasteiger partial charge in [-0.25, -0.2) is 9.59 Å². The Morgan fingerprint density at radius 2 is 1.25 bits per heavy atom. The molecule has 3 aliphatic heterocycles. The van der Waals surface area contributed by atoms with Gasteiger partial charge in [0, 0.05) is 66.7 Å². The average Bonchev–Trinajstić information content (AvgIpc) is 3.19. The van der Waals surface area contributed by atoms with Gasteiger partial charge in [-0.15, -0.1) is 0 Å². The van der Waals surface area contributed by atoms with E-state index in [9.17, 15) is 47.9 Å². The molecule has 1 aromatic carbocycles. The number of esters is 8. The van der Waals surface area contributed by atoms with Crippen molar-refractivity contribution in [2.45, 2.75) is 145 Å². The molecular formula is C41H52N2O21S. The molecule has 3 saturated heterocycles. The van der Waals surface area contributed by atoms with Gasteiger partial charge in [0.1, 0.15) is 43.7 Å². The molecule has 2 N–H and O–H groups in total. The van der Waals surface area contributed by atoms with E-state index in [4.69, 9.17) is 52.1 Å². The van der Waals surface area contributed by atoms with Crippen LogP contribution in [-0.4, -0.2) is 152 Å². The maximum atomic E-state index is 14.2. The van der Waals surface area contributed by atoms with E-state index in [1.807, 2.05) is 0 Å². The zero-order valence-electron chi connectivity index (χ0n) is 37.0. The van der Waals surface area contributed by atoms with Gasteiger partial charge in [0.25, 0.3) is 5.79 Å². The van der Waals surface area contributed by atoms with Gasteiger partial charge in [0.15, 0.2) is 18.3 Å². The number of amides is 2. The SMILES string of the molecule is COC(=O)[C@@]1(Sc2ccccc2)C[C@H](OC(C)=O)[C@@H](NC(C)=O)[C@H]([C@H](OC(C)=O)[C@H]2COC(=O)[C@]3(C[C@H](OC(C)=O)[C@@H](NC(C)=O)[C@H]([C@H](OC(C)=O)[C@@H](COC(C)=O)OC(C)=O)O3)O2)O1. The van der Waals surface area contributed by atoms with Crippen molar-refractivity contribution in [1.29, 1.82) is 0 Å². The molecule has 2 amide bonds. The van der Waals surface area contributed by atoms with Crippen LogP contribution >= 0.6 is 11.8 Å². The van der Waals surface area contributed by atoms with Crippen molar-refractivity contribution >= 4 is 71.3 Å².